The molecule has 2 rings (SSSR count). The minimum atomic E-state index is -3.82. The number of aryl methyl sites for hydroxylation is 1. The summed E-state index contributed by atoms with van der Waals surface area (Å²) in [4.78, 5) is 4.91. The molecule has 2 heterocycles. The van der Waals surface area contributed by atoms with E-state index >= 15 is 0 Å². The molecular weight excluding hydrogens is 252 g/mol. The summed E-state index contributed by atoms with van der Waals surface area (Å²) >= 11 is 1.41. The van der Waals surface area contributed by atoms with Gasteiger partial charge >= 0.3 is 0 Å². The molecule has 9 heteroatoms. The van der Waals surface area contributed by atoms with Gasteiger partial charge < -0.3 is 4.84 Å². The predicted molar refractivity (Wildman–Crippen MR) is 59.5 cm³/mol. The van der Waals surface area contributed by atoms with Gasteiger partial charge in [0.05, 0.1) is 11.8 Å². The first kappa shape index (κ1) is 11.4. The second kappa shape index (κ2) is 4.07. The lowest BCUT2D eigenvalue weighted by molar-refractivity contribution is 0.160. The van der Waals surface area contributed by atoms with Crippen molar-refractivity contribution in [2.45, 2.75) is 5.03 Å². The largest absolute Gasteiger partial charge is 0.394 e. The number of thioether (sulfide) groups is 1. The first-order chi connectivity index (χ1) is 7.50. The second-order valence-electron chi connectivity index (χ2n) is 3.11. The summed E-state index contributed by atoms with van der Waals surface area (Å²) in [7, 11) is -2.31. The van der Waals surface area contributed by atoms with Crippen molar-refractivity contribution < 1.29 is 13.3 Å². The number of hydrogen-bond acceptors (Lipinski definition) is 6. The molecule has 0 spiro atoms. The van der Waals surface area contributed by atoms with Gasteiger partial charge in [-0.05, 0) is 0 Å². The molecule has 0 amide bonds. The third-order valence-electron chi connectivity index (χ3n) is 1.95. The van der Waals surface area contributed by atoms with Gasteiger partial charge in [0, 0.05) is 12.8 Å². The minimum Gasteiger partial charge on any atom is -0.394 e. The maximum atomic E-state index is 11.4. The molecule has 0 fully saturated rings. The van der Waals surface area contributed by atoms with Crippen molar-refractivity contribution in [3.63, 3.8) is 0 Å². The normalized spacial score (nSPS) is 16.8. The summed E-state index contributed by atoms with van der Waals surface area (Å²) in [6, 6.07) is 0. The van der Waals surface area contributed by atoms with E-state index in [0.29, 0.717) is 17.2 Å². The lowest BCUT2D eigenvalue weighted by Gasteiger charge is -2.10. The molecule has 1 aromatic heterocycles. The quantitative estimate of drug-likeness (QED) is 0.774. The predicted octanol–water partition coefficient (Wildman–Crippen LogP) is -0.507. The molecule has 1 aromatic rings. The molecule has 0 saturated heterocycles. The van der Waals surface area contributed by atoms with Crippen LogP contribution in [0.15, 0.2) is 16.4 Å². The molecule has 0 unspecified atom stereocenters. The van der Waals surface area contributed by atoms with E-state index in [9.17, 15) is 8.42 Å². The van der Waals surface area contributed by atoms with Crippen LogP contribution >= 0.6 is 11.8 Å². The van der Waals surface area contributed by atoms with Crippen LogP contribution in [0.1, 0.15) is 5.56 Å². The molecule has 7 nitrogen and oxygen atoms in total. The summed E-state index contributed by atoms with van der Waals surface area (Å²) in [5.74, 6) is 0.720. The van der Waals surface area contributed by atoms with Gasteiger partial charge in [-0.15, -0.1) is 0 Å². The SMILES string of the molecule is Cn1ncc(C2=NOCCS2)c1S(N)(=O)=O. The Kier molecular flexibility index (Phi) is 2.91. The van der Waals surface area contributed by atoms with Crippen LogP contribution in [0.4, 0.5) is 0 Å². The maximum absolute atomic E-state index is 11.4. The van der Waals surface area contributed by atoms with Crippen LogP contribution in [-0.4, -0.2) is 35.6 Å². The van der Waals surface area contributed by atoms with Crippen molar-refractivity contribution in [3.05, 3.63) is 11.8 Å². The Balaban J connectivity index is 2.54. The third-order valence-corrected chi connectivity index (χ3v) is 3.91. The van der Waals surface area contributed by atoms with E-state index in [1.165, 1.54) is 29.7 Å². The van der Waals surface area contributed by atoms with Gasteiger partial charge in [0.25, 0.3) is 10.0 Å². The van der Waals surface area contributed by atoms with Crippen LogP contribution < -0.4 is 5.14 Å². The Morgan fingerprint density at radius 3 is 2.94 bits per heavy atom. The highest BCUT2D eigenvalue weighted by Crippen LogP contribution is 2.22. The third kappa shape index (κ3) is 2.06. The Morgan fingerprint density at radius 1 is 1.62 bits per heavy atom. The zero-order chi connectivity index (χ0) is 11.8. The molecule has 16 heavy (non-hydrogen) atoms. The van der Waals surface area contributed by atoms with E-state index in [4.69, 9.17) is 9.98 Å². The second-order valence-corrected chi connectivity index (χ2v) is 5.67. The standard InChI is InChI=1S/C7H10N4O3S2/c1-11-7(16(8,12)13)5(4-9-11)6-10-14-2-3-15-6/h4H,2-3H2,1H3,(H2,8,12,13). The van der Waals surface area contributed by atoms with Gasteiger partial charge in [-0.3, -0.25) is 4.68 Å². The van der Waals surface area contributed by atoms with Crippen LogP contribution in [0, 0.1) is 0 Å². The Labute approximate surface area is 96.7 Å². The average molecular weight is 262 g/mol. The van der Waals surface area contributed by atoms with Crippen LogP contribution in [-0.2, 0) is 21.9 Å². The first-order valence-corrected chi connectivity index (χ1v) is 6.91. The highest BCUT2D eigenvalue weighted by Gasteiger charge is 2.24. The molecule has 88 valence electrons. The van der Waals surface area contributed by atoms with E-state index in [0.717, 1.165) is 5.75 Å². The first-order valence-electron chi connectivity index (χ1n) is 4.38. The van der Waals surface area contributed by atoms with E-state index in [2.05, 4.69) is 10.3 Å². The van der Waals surface area contributed by atoms with Crippen LogP contribution in [0.25, 0.3) is 0 Å². The summed E-state index contributed by atoms with van der Waals surface area (Å²) in [5, 5.41) is 13.2. The molecular formula is C7H10N4O3S2. The van der Waals surface area contributed by atoms with Crippen molar-refractivity contribution in [2.75, 3.05) is 12.4 Å². The van der Waals surface area contributed by atoms with Gasteiger partial charge in [-0.2, -0.15) is 5.10 Å². The minimum absolute atomic E-state index is 0.0516. The van der Waals surface area contributed by atoms with Crippen molar-refractivity contribution in [2.24, 2.45) is 17.3 Å². The summed E-state index contributed by atoms with van der Waals surface area (Å²) in [5.41, 5.74) is 0.384. The zero-order valence-electron chi connectivity index (χ0n) is 8.45. The van der Waals surface area contributed by atoms with Gasteiger partial charge in [-0.25, -0.2) is 13.6 Å². The highest BCUT2D eigenvalue weighted by atomic mass is 32.2. The number of aromatic nitrogens is 2. The summed E-state index contributed by atoms with van der Waals surface area (Å²) in [6.45, 7) is 0.513. The number of sulfonamides is 1. The van der Waals surface area contributed by atoms with Crippen LogP contribution in [0.3, 0.4) is 0 Å². The number of primary sulfonamides is 1. The molecule has 0 aliphatic carbocycles. The lowest BCUT2D eigenvalue weighted by Crippen LogP contribution is -2.20. The topological polar surface area (TPSA) is 99.6 Å². The van der Waals surface area contributed by atoms with Crippen molar-refractivity contribution >= 4 is 26.8 Å². The Bertz CT molecular complexity index is 534. The van der Waals surface area contributed by atoms with E-state index in [1.807, 2.05) is 0 Å². The maximum Gasteiger partial charge on any atom is 0.255 e. The number of rotatable bonds is 2. The molecule has 0 aromatic carbocycles. The number of nitrogens with zero attached hydrogens (tertiary/aromatic N) is 3. The van der Waals surface area contributed by atoms with Gasteiger partial charge in [0.15, 0.2) is 5.03 Å². The van der Waals surface area contributed by atoms with E-state index < -0.39 is 10.0 Å². The van der Waals surface area contributed by atoms with Gasteiger partial charge in [-0.1, -0.05) is 16.9 Å². The molecule has 2 N–H and O–H groups in total. The fourth-order valence-electron chi connectivity index (χ4n) is 1.34. The monoisotopic (exact) mass is 262 g/mol. The lowest BCUT2D eigenvalue weighted by atomic mass is 10.4. The summed E-state index contributed by atoms with van der Waals surface area (Å²) in [6.07, 6.45) is 1.42. The molecule has 0 bridgehead atoms. The molecule has 0 saturated carbocycles. The average Bonchev–Trinajstić information content (AvgIpc) is 2.61. The Hall–Kier alpha value is -1.06. The smallest absolute Gasteiger partial charge is 0.255 e. The van der Waals surface area contributed by atoms with Crippen molar-refractivity contribution in [3.8, 4) is 0 Å². The number of hydrogen-bond donors (Lipinski definition) is 1. The van der Waals surface area contributed by atoms with Crippen LogP contribution in [0.5, 0.6) is 0 Å². The van der Waals surface area contributed by atoms with Gasteiger partial charge in [0.2, 0.25) is 0 Å². The Morgan fingerprint density at radius 2 is 2.38 bits per heavy atom. The highest BCUT2D eigenvalue weighted by molar-refractivity contribution is 8.14. The number of oxime groups is 1. The molecule has 0 atom stereocenters. The van der Waals surface area contributed by atoms with Gasteiger partial charge in [0.1, 0.15) is 11.7 Å². The van der Waals surface area contributed by atoms with Crippen molar-refractivity contribution in [1.29, 1.82) is 0 Å². The number of nitrogens with two attached hydrogens (primary N) is 1. The van der Waals surface area contributed by atoms with E-state index in [-0.39, 0.29) is 5.03 Å². The molecule has 0 radical (unpaired) electrons. The molecule has 1 aliphatic heterocycles. The van der Waals surface area contributed by atoms with E-state index in [1.54, 1.807) is 0 Å². The fourth-order valence-corrected chi connectivity index (χ4v) is 3.04. The van der Waals surface area contributed by atoms with Crippen molar-refractivity contribution in [1.82, 2.24) is 9.78 Å². The fraction of sp³-hybridized carbons (Fsp3) is 0.429. The zero-order valence-corrected chi connectivity index (χ0v) is 10.1. The van der Waals surface area contributed by atoms with Crippen LogP contribution in [0.2, 0.25) is 0 Å². The molecule has 1 aliphatic rings. The summed E-state index contributed by atoms with van der Waals surface area (Å²) < 4.78 is 24.0.